The van der Waals surface area contributed by atoms with Crippen LogP contribution in [0.5, 0.6) is 0 Å². The zero-order chi connectivity index (χ0) is 14.5. The van der Waals surface area contributed by atoms with E-state index in [0.29, 0.717) is 5.69 Å². The third-order valence-corrected chi connectivity index (χ3v) is 2.42. The standard InChI is InChI=1S/C12H12F2N4O2/c13-9-2-1-3-10(14)11(9)17-12(20)16-8-6-15-18(7-8)4-5-19/h1-3,6-7,19H,4-5H2,(H2,16,17,20). The van der Waals surface area contributed by atoms with Gasteiger partial charge >= 0.3 is 6.03 Å². The van der Waals surface area contributed by atoms with Crippen molar-refractivity contribution in [3.8, 4) is 0 Å². The number of aliphatic hydroxyl groups excluding tert-OH is 1. The van der Waals surface area contributed by atoms with Crippen molar-refractivity contribution in [1.82, 2.24) is 9.78 Å². The van der Waals surface area contributed by atoms with Gasteiger partial charge in [0, 0.05) is 6.20 Å². The number of amides is 2. The molecule has 0 bridgehead atoms. The smallest absolute Gasteiger partial charge is 0.323 e. The number of halogens is 2. The molecule has 0 spiro atoms. The molecule has 3 N–H and O–H groups in total. The summed E-state index contributed by atoms with van der Waals surface area (Å²) in [5.74, 6) is -1.73. The number of aliphatic hydroxyl groups is 1. The Morgan fingerprint density at radius 2 is 2.00 bits per heavy atom. The maximum Gasteiger partial charge on any atom is 0.323 e. The second-order valence-electron chi connectivity index (χ2n) is 3.89. The van der Waals surface area contributed by atoms with Gasteiger partial charge in [-0.3, -0.25) is 4.68 Å². The summed E-state index contributed by atoms with van der Waals surface area (Å²) in [5, 5.41) is 17.0. The zero-order valence-corrected chi connectivity index (χ0v) is 10.3. The fourth-order valence-electron chi connectivity index (χ4n) is 1.55. The van der Waals surface area contributed by atoms with E-state index in [-0.39, 0.29) is 13.2 Å². The first kappa shape index (κ1) is 13.9. The van der Waals surface area contributed by atoms with Gasteiger partial charge in [0.05, 0.1) is 25.0 Å². The minimum atomic E-state index is -0.865. The van der Waals surface area contributed by atoms with E-state index in [1.165, 1.54) is 23.1 Å². The average molecular weight is 282 g/mol. The van der Waals surface area contributed by atoms with E-state index in [9.17, 15) is 13.6 Å². The highest BCUT2D eigenvalue weighted by Gasteiger charge is 2.12. The van der Waals surface area contributed by atoms with Gasteiger partial charge in [0.15, 0.2) is 0 Å². The number of aromatic nitrogens is 2. The topological polar surface area (TPSA) is 79.2 Å². The molecule has 0 saturated heterocycles. The summed E-state index contributed by atoms with van der Waals surface area (Å²) in [7, 11) is 0. The third kappa shape index (κ3) is 3.29. The Hall–Kier alpha value is -2.48. The molecule has 0 aliphatic carbocycles. The molecular weight excluding hydrogens is 270 g/mol. The molecule has 20 heavy (non-hydrogen) atoms. The first-order valence-electron chi connectivity index (χ1n) is 5.75. The van der Waals surface area contributed by atoms with E-state index < -0.39 is 23.4 Å². The van der Waals surface area contributed by atoms with Gasteiger partial charge in [-0.2, -0.15) is 5.10 Å². The molecule has 2 amide bonds. The number of para-hydroxylation sites is 1. The number of urea groups is 1. The number of nitrogens with one attached hydrogen (secondary N) is 2. The summed E-state index contributed by atoms with van der Waals surface area (Å²) in [6.07, 6.45) is 2.83. The summed E-state index contributed by atoms with van der Waals surface area (Å²) in [4.78, 5) is 11.6. The molecule has 0 aliphatic rings. The third-order valence-electron chi connectivity index (χ3n) is 2.42. The van der Waals surface area contributed by atoms with Crippen molar-refractivity contribution in [3.05, 3.63) is 42.2 Å². The van der Waals surface area contributed by atoms with Crippen LogP contribution in [0.15, 0.2) is 30.6 Å². The Labute approximate surface area is 113 Å². The van der Waals surface area contributed by atoms with Gasteiger partial charge in [-0.25, -0.2) is 13.6 Å². The Kier molecular flexibility index (Phi) is 4.26. The van der Waals surface area contributed by atoms with Crippen LogP contribution in [-0.2, 0) is 6.54 Å². The lowest BCUT2D eigenvalue weighted by atomic mass is 10.3. The number of anilines is 2. The van der Waals surface area contributed by atoms with Crippen molar-refractivity contribution in [2.45, 2.75) is 6.54 Å². The molecule has 2 rings (SSSR count). The van der Waals surface area contributed by atoms with Crippen LogP contribution in [0, 0.1) is 11.6 Å². The second kappa shape index (κ2) is 6.11. The van der Waals surface area contributed by atoms with Crippen molar-refractivity contribution >= 4 is 17.4 Å². The van der Waals surface area contributed by atoms with E-state index in [0.717, 1.165) is 12.1 Å². The van der Waals surface area contributed by atoms with Crippen LogP contribution >= 0.6 is 0 Å². The van der Waals surface area contributed by atoms with Gasteiger partial charge < -0.3 is 15.7 Å². The monoisotopic (exact) mass is 282 g/mol. The molecule has 1 aromatic carbocycles. The lowest BCUT2D eigenvalue weighted by Crippen LogP contribution is -2.20. The molecule has 0 atom stereocenters. The van der Waals surface area contributed by atoms with Crippen LogP contribution in [0.1, 0.15) is 0 Å². The number of hydrogen-bond donors (Lipinski definition) is 3. The van der Waals surface area contributed by atoms with E-state index in [1.54, 1.807) is 0 Å². The normalized spacial score (nSPS) is 10.3. The van der Waals surface area contributed by atoms with Gasteiger partial charge in [-0.15, -0.1) is 0 Å². The Bertz CT molecular complexity index is 595. The fraction of sp³-hybridized carbons (Fsp3) is 0.167. The van der Waals surface area contributed by atoms with Crippen LogP contribution in [0.4, 0.5) is 25.0 Å². The molecule has 0 saturated carbocycles. The molecule has 0 radical (unpaired) electrons. The van der Waals surface area contributed by atoms with E-state index in [1.807, 2.05) is 0 Å². The number of hydrogen-bond acceptors (Lipinski definition) is 3. The van der Waals surface area contributed by atoms with Crippen LogP contribution in [0.25, 0.3) is 0 Å². The Morgan fingerprint density at radius 3 is 2.65 bits per heavy atom. The van der Waals surface area contributed by atoms with Gasteiger partial charge in [0.25, 0.3) is 0 Å². The minimum absolute atomic E-state index is 0.0895. The highest BCUT2D eigenvalue weighted by molar-refractivity contribution is 5.99. The molecule has 0 aliphatic heterocycles. The van der Waals surface area contributed by atoms with Gasteiger partial charge in [-0.05, 0) is 12.1 Å². The van der Waals surface area contributed by atoms with Crippen molar-refractivity contribution in [3.63, 3.8) is 0 Å². The summed E-state index contributed by atoms with van der Waals surface area (Å²) >= 11 is 0. The van der Waals surface area contributed by atoms with Gasteiger partial charge in [0.1, 0.15) is 17.3 Å². The molecular formula is C12H12F2N4O2. The molecule has 2 aromatic rings. The maximum atomic E-state index is 13.3. The van der Waals surface area contributed by atoms with Crippen molar-refractivity contribution in [2.75, 3.05) is 17.2 Å². The summed E-state index contributed by atoms with van der Waals surface area (Å²) in [5.41, 5.74) is -0.180. The zero-order valence-electron chi connectivity index (χ0n) is 10.3. The fourth-order valence-corrected chi connectivity index (χ4v) is 1.55. The predicted molar refractivity (Wildman–Crippen MR) is 68.3 cm³/mol. The SMILES string of the molecule is O=C(Nc1cnn(CCO)c1)Nc1c(F)cccc1F. The number of carbonyl (C=O) groups is 1. The molecule has 8 heteroatoms. The van der Waals surface area contributed by atoms with Crippen molar-refractivity contribution in [2.24, 2.45) is 0 Å². The minimum Gasteiger partial charge on any atom is -0.394 e. The van der Waals surface area contributed by atoms with Crippen LogP contribution in [0.2, 0.25) is 0 Å². The largest absolute Gasteiger partial charge is 0.394 e. The summed E-state index contributed by atoms with van der Waals surface area (Å²) in [6.45, 7) is 0.193. The molecule has 6 nitrogen and oxygen atoms in total. The van der Waals surface area contributed by atoms with Crippen molar-refractivity contribution in [1.29, 1.82) is 0 Å². The Balaban J connectivity index is 2.01. The molecule has 1 aromatic heterocycles. The molecule has 0 unspecified atom stereocenters. The molecule has 0 fully saturated rings. The quantitative estimate of drug-likeness (QED) is 0.800. The average Bonchev–Trinajstić information content (AvgIpc) is 2.82. The second-order valence-corrected chi connectivity index (χ2v) is 3.89. The Morgan fingerprint density at radius 1 is 1.30 bits per heavy atom. The summed E-state index contributed by atoms with van der Waals surface area (Å²) < 4.78 is 28.1. The lowest BCUT2D eigenvalue weighted by Gasteiger charge is -2.07. The van der Waals surface area contributed by atoms with E-state index in [4.69, 9.17) is 5.11 Å². The first-order valence-corrected chi connectivity index (χ1v) is 5.75. The number of benzene rings is 1. The van der Waals surface area contributed by atoms with Gasteiger partial charge in [0.2, 0.25) is 0 Å². The number of nitrogens with zero attached hydrogens (tertiary/aromatic N) is 2. The lowest BCUT2D eigenvalue weighted by molar-refractivity contribution is 0.262. The molecule has 1 heterocycles. The van der Waals surface area contributed by atoms with Crippen LogP contribution in [-0.4, -0.2) is 27.5 Å². The number of rotatable bonds is 4. The summed E-state index contributed by atoms with van der Waals surface area (Å²) in [6, 6.07) is 2.49. The maximum absolute atomic E-state index is 13.3. The predicted octanol–water partition coefficient (Wildman–Crippen LogP) is 1.80. The van der Waals surface area contributed by atoms with Crippen LogP contribution in [0.3, 0.4) is 0 Å². The van der Waals surface area contributed by atoms with Crippen molar-refractivity contribution < 1.29 is 18.7 Å². The first-order chi connectivity index (χ1) is 9.60. The van der Waals surface area contributed by atoms with Gasteiger partial charge in [-0.1, -0.05) is 6.07 Å². The molecule has 106 valence electrons. The number of carbonyl (C=O) groups excluding carboxylic acids is 1. The van der Waals surface area contributed by atoms with E-state index >= 15 is 0 Å². The highest BCUT2D eigenvalue weighted by atomic mass is 19.1. The highest BCUT2D eigenvalue weighted by Crippen LogP contribution is 2.18. The van der Waals surface area contributed by atoms with Crippen LogP contribution < -0.4 is 10.6 Å². The van der Waals surface area contributed by atoms with E-state index in [2.05, 4.69) is 15.7 Å².